The van der Waals surface area contributed by atoms with E-state index in [1.54, 1.807) is 30.8 Å². The molecule has 1 aromatic heterocycles. The van der Waals surface area contributed by atoms with Gasteiger partial charge in [0.15, 0.2) is 0 Å². The lowest BCUT2D eigenvalue weighted by Crippen LogP contribution is -2.54. The molecule has 3 saturated carbocycles. The average Bonchev–Trinajstić information content (AvgIpc) is 4.01. The Bertz CT molecular complexity index is 1960. The zero-order chi connectivity index (χ0) is 37.7. The number of carbonyl (C=O) groups excluding carboxylic acids is 3. The summed E-state index contributed by atoms with van der Waals surface area (Å²) in [5.74, 6) is -0.490. The molecule has 0 spiro atoms. The maximum Gasteiger partial charge on any atom is 0.259 e. The minimum absolute atomic E-state index is 0.138. The number of hydrogen-bond acceptors (Lipinski definition) is 10. The number of benzene rings is 1. The quantitative estimate of drug-likeness (QED) is 0.343. The van der Waals surface area contributed by atoms with Gasteiger partial charge in [-0.2, -0.15) is 0 Å². The Hall–Kier alpha value is -3.65. The van der Waals surface area contributed by atoms with Gasteiger partial charge in [-0.05, 0) is 75.8 Å². The predicted molar refractivity (Wildman–Crippen MR) is 206 cm³/mol. The summed E-state index contributed by atoms with van der Waals surface area (Å²) in [7, 11) is -0.407. The Morgan fingerprint density at radius 3 is 2.62 bits per heavy atom. The first-order valence-electron chi connectivity index (χ1n) is 19.0. The summed E-state index contributed by atoms with van der Waals surface area (Å²) in [5, 5.41) is 4.06. The van der Waals surface area contributed by atoms with Crippen LogP contribution in [0.3, 0.4) is 0 Å². The van der Waals surface area contributed by atoms with Crippen LogP contribution < -0.4 is 19.5 Å². The fourth-order valence-electron chi connectivity index (χ4n) is 7.98. The minimum Gasteiger partial charge on any atom is -0.496 e. The Morgan fingerprint density at radius 2 is 1.92 bits per heavy atom. The van der Waals surface area contributed by atoms with Crippen LogP contribution in [0.25, 0.3) is 10.9 Å². The molecule has 1 aromatic carbocycles. The molecule has 53 heavy (non-hydrogen) atoms. The molecule has 0 bridgehead atoms. The summed E-state index contributed by atoms with van der Waals surface area (Å²) in [6.07, 6.45) is 8.37. The number of sulfonamides is 1. The van der Waals surface area contributed by atoms with Gasteiger partial charge in [0.1, 0.15) is 28.2 Å². The molecule has 286 valence electrons. The predicted octanol–water partition coefficient (Wildman–Crippen LogP) is 4.78. The zero-order valence-electron chi connectivity index (χ0n) is 31.2. The minimum atomic E-state index is -3.83. The molecule has 2 N–H and O–H groups in total. The lowest BCUT2D eigenvalue weighted by atomic mass is 9.93. The Labute approximate surface area is 316 Å². The number of hydrogen-bond donors (Lipinski definition) is 2. The van der Waals surface area contributed by atoms with E-state index in [0.29, 0.717) is 50.3 Å². The Balaban J connectivity index is 1.21. The summed E-state index contributed by atoms with van der Waals surface area (Å²) in [5.41, 5.74) is 1.05. The molecule has 5 aliphatic rings. The highest BCUT2D eigenvalue weighted by Crippen LogP contribution is 2.47. The van der Waals surface area contributed by atoms with Gasteiger partial charge >= 0.3 is 0 Å². The molecule has 1 unspecified atom stereocenters. The summed E-state index contributed by atoms with van der Waals surface area (Å²) < 4.78 is 40.4. The van der Waals surface area contributed by atoms with Gasteiger partial charge in [0.05, 0.1) is 41.4 Å². The van der Waals surface area contributed by atoms with Crippen molar-refractivity contribution in [2.24, 2.45) is 28.7 Å². The molecular weight excluding hydrogens is 715 g/mol. The van der Waals surface area contributed by atoms with E-state index in [-0.39, 0.29) is 24.3 Å². The number of aryl methyl sites for hydroxylation is 1. The average molecular weight is 766 g/mol. The number of ether oxygens (including phenoxy) is 2. The SMILES string of the molecule is CCc1c(OC)ccc2c(O[C@@H]3C[C@H]4C(=O)N[C@]5(C(=O)NS(=O)(=O)C6CC6)C[C@@H]5/C=C\CCCCN(C)C(=O)[C@@H]4C3)cc(C3=NC(C(C)C)CS3)nc12. The number of methoxy groups -OCH3 is 1. The molecule has 3 amide bonds. The maximum atomic E-state index is 14.3. The van der Waals surface area contributed by atoms with Crippen LogP contribution in [0.5, 0.6) is 11.5 Å². The van der Waals surface area contributed by atoms with Crippen molar-refractivity contribution in [3.05, 3.63) is 41.6 Å². The lowest BCUT2D eigenvalue weighted by molar-refractivity contribution is -0.140. The number of carbonyl (C=O) groups is 3. The summed E-state index contributed by atoms with van der Waals surface area (Å²) in [6, 6.07) is 5.97. The second-order valence-corrected chi connectivity index (χ2v) is 18.6. The molecule has 3 aliphatic carbocycles. The zero-order valence-corrected chi connectivity index (χ0v) is 32.9. The number of aliphatic imine (C=N–C) groups is 1. The first kappa shape index (κ1) is 37.7. The maximum absolute atomic E-state index is 14.3. The number of aromatic nitrogens is 1. The van der Waals surface area contributed by atoms with Crippen LogP contribution in [0.15, 0.2) is 35.3 Å². The molecule has 3 fully saturated rings. The van der Waals surface area contributed by atoms with Crippen LogP contribution >= 0.6 is 11.8 Å². The number of rotatable bonds is 9. The third kappa shape index (κ3) is 7.54. The van der Waals surface area contributed by atoms with Crippen LogP contribution in [-0.4, -0.2) is 90.5 Å². The normalized spacial score (nSPS) is 29.9. The van der Waals surface area contributed by atoms with Crippen molar-refractivity contribution in [3.8, 4) is 11.5 Å². The highest BCUT2D eigenvalue weighted by molar-refractivity contribution is 8.14. The first-order valence-corrected chi connectivity index (χ1v) is 21.6. The van der Waals surface area contributed by atoms with Gasteiger partial charge in [-0.1, -0.05) is 32.9 Å². The third-order valence-corrected chi connectivity index (χ3v) is 14.4. The Kier molecular flexibility index (Phi) is 10.6. The fraction of sp³-hybridized carbons (Fsp3) is 0.615. The number of nitrogens with one attached hydrogen (secondary N) is 2. The monoisotopic (exact) mass is 765 g/mol. The van der Waals surface area contributed by atoms with Crippen molar-refractivity contribution >= 4 is 55.5 Å². The van der Waals surface area contributed by atoms with Gasteiger partial charge in [-0.15, -0.1) is 11.8 Å². The van der Waals surface area contributed by atoms with Gasteiger partial charge in [0.2, 0.25) is 21.8 Å². The van der Waals surface area contributed by atoms with Gasteiger partial charge < -0.3 is 19.7 Å². The summed E-state index contributed by atoms with van der Waals surface area (Å²) in [4.78, 5) is 53.9. The number of allylic oxidation sites excluding steroid dienone is 1. The molecule has 7 rings (SSSR count). The van der Waals surface area contributed by atoms with E-state index in [0.717, 1.165) is 58.0 Å². The molecule has 2 aromatic rings. The molecule has 12 nitrogen and oxygen atoms in total. The molecule has 2 aliphatic heterocycles. The summed E-state index contributed by atoms with van der Waals surface area (Å²) in [6.45, 7) is 6.96. The van der Waals surface area contributed by atoms with Crippen molar-refractivity contribution in [2.45, 2.75) is 101 Å². The molecule has 3 heterocycles. The van der Waals surface area contributed by atoms with Gasteiger partial charge in [-0.3, -0.25) is 24.1 Å². The van der Waals surface area contributed by atoms with E-state index in [1.807, 2.05) is 30.4 Å². The topological polar surface area (TPSA) is 156 Å². The molecule has 14 heteroatoms. The molecule has 6 atom stereocenters. The molecule has 0 saturated heterocycles. The van der Waals surface area contributed by atoms with Gasteiger partial charge in [0.25, 0.3) is 5.91 Å². The van der Waals surface area contributed by atoms with Gasteiger partial charge in [-0.25, -0.2) is 13.4 Å². The van der Waals surface area contributed by atoms with E-state index in [9.17, 15) is 22.8 Å². The molecule has 0 radical (unpaired) electrons. The largest absolute Gasteiger partial charge is 0.496 e. The van der Waals surface area contributed by atoms with Crippen molar-refractivity contribution in [2.75, 3.05) is 26.5 Å². The van der Waals surface area contributed by atoms with Crippen molar-refractivity contribution in [1.82, 2.24) is 19.9 Å². The Morgan fingerprint density at radius 1 is 1.15 bits per heavy atom. The van der Waals surface area contributed by atoms with E-state index in [4.69, 9.17) is 19.5 Å². The van der Waals surface area contributed by atoms with E-state index in [2.05, 4.69) is 30.8 Å². The summed E-state index contributed by atoms with van der Waals surface area (Å²) >= 11 is 1.68. The van der Waals surface area contributed by atoms with Crippen molar-refractivity contribution < 1.29 is 32.3 Å². The second kappa shape index (κ2) is 14.9. The van der Waals surface area contributed by atoms with E-state index < -0.39 is 50.6 Å². The van der Waals surface area contributed by atoms with Crippen molar-refractivity contribution in [1.29, 1.82) is 0 Å². The number of amides is 3. The van der Waals surface area contributed by atoms with Crippen LogP contribution in [-0.2, 0) is 30.8 Å². The third-order valence-electron chi connectivity index (χ3n) is 11.5. The van der Waals surface area contributed by atoms with Crippen LogP contribution in [0.4, 0.5) is 0 Å². The number of nitrogens with zero attached hydrogens (tertiary/aromatic N) is 3. The number of pyridine rings is 1. The van der Waals surface area contributed by atoms with E-state index >= 15 is 0 Å². The fourth-order valence-corrected chi connectivity index (χ4v) is 10.6. The number of thioether (sulfide) groups is 1. The first-order chi connectivity index (χ1) is 25.3. The van der Waals surface area contributed by atoms with Crippen LogP contribution in [0.1, 0.15) is 83.4 Å². The van der Waals surface area contributed by atoms with Gasteiger partial charge in [0, 0.05) is 42.3 Å². The standard InChI is InChI=1S/C39H51N5O7S2/c1-6-26-32(50-5)15-14-27-33(19-30(40-34(26)27)36-41-31(21-52-36)22(2)3)51-24-17-28-29(18-24)37(46)44(4)16-10-8-7-9-11-23-20-39(23,42-35(28)45)38(47)43-53(48,49)25-12-13-25/h9,11,14-15,19,22-25,28-29,31H,6-8,10,12-13,16-18,20-21H2,1-5H3,(H,42,45)(H,43,47)/b11-9-/t23-,24+,28+,29+,31?,39+/m0/s1. The second-order valence-electron chi connectivity index (χ2n) is 15.6. The molecular formula is C39H51N5O7S2. The van der Waals surface area contributed by atoms with E-state index in [1.165, 1.54) is 0 Å². The highest BCUT2D eigenvalue weighted by atomic mass is 32.2. The van der Waals surface area contributed by atoms with Crippen molar-refractivity contribution in [3.63, 3.8) is 0 Å². The van der Waals surface area contributed by atoms with Crippen LogP contribution in [0, 0.1) is 23.7 Å². The smallest absolute Gasteiger partial charge is 0.259 e. The van der Waals surface area contributed by atoms with Crippen LogP contribution in [0.2, 0.25) is 0 Å². The lowest BCUT2D eigenvalue weighted by Gasteiger charge is -2.26. The number of fused-ring (bicyclic) bond motifs is 3. The highest BCUT2D eigenvalue weighted by Gasteiger charge is 2.62.